The summed E-state index contributed by atoms with van der Waals surface area (Å²) in [6.45, 7) is 3.67. The van der Waals surface area contributed by atoms with Crippen molar-refractivity contribution in [2.45, 2.75) is 26.3 Å². The number of unbranched alkanes of at least 4 members (excludes halogenated alkanes) is 1. The second-order valence-corrected chi connectivity index (χ2v) is 4.07. The number of nitrogens with one attached hydrogen (secondary N) is 1. The van der Waals surface area contributed by atoms with E-state index in [4.69, 9.17) is 14.7 Å². The molecule has 0 amide bonds. The van der Waals surface area contributed by atoms with Gasteiger partial charge in [-0.2, -0.15) is 5.26 Å². The van der Waals surface area contributed by atoms with Gasteiger partial charge in [0.1, 0.15) is 0 Å². The Morgan fingerprint density at radius 2 is 1.89 bits per heavy atom. The average Bonchev–Trinajstić information content (AvgIpc) is 2.39. The van der Waals surface area contributed by atoms with Crippen molar-refractivity contribution in [1.29, 1.82) is 5.26 Å². The Kier molecular flexibility index (Phi) is 6.03. The van der Waals surface area contributed by atoms with E-state index in [1.165, 1.54) is 11.1 Å². The molecule has 0 radical (unpaired) electrons. The second-order valence-electron chi connectivity index (χ2n) is 4.07. The molecule has 0 aliphatic rings. The Hall–Kier alpha value is -1.73. The number of rotatable bonds is 7. The Bertz CT molecular complexity index is 425. The third kappa shape index (κ3) is 3.94. The van der Waals surface area contributed by atoms with Gasteiger partial charge in [0.2, 0.25) is 0 Å². The fourth-order valence-electron chi connectivity index (χ4n) is 1.73. The summed E-state index contributed by atoms with van der Waals surface area (Å²) in [7, 11) is 3.27. The maximum atomic E-state index is 8.44. The van der Waals surface area contributed by atoms with Crippen molar-refractivity contribution < 1.29 is 9.47 Å². The molecular weight excluding hydrogens is 228 g/mol. The van der Waals surface area contributed by atoms with E-state index in [1.807, 2.05) is 19.1 Å². The van der Waals surface area contributed by atoms with Crippen LogP contribution in [0.15, 0.2) is 12.1 Å². The highest BCUT2D eigenvalue weighted by molar-refractivity contribution is 5.46. The first-order chi connectivity index (χ1) is 8.72. The van der Waals surface area contributed by atoms with Crippen molar-refractivity contribution in [3.8, 4) is 17.6 Å². The smallest absolute Gasteiger partial charge is 0.161 e. The molecule has 4 heteroatoms. The molecule has 1 N–H and O–H groups in total. The van der Waals surface area contributed by atoms with Gasteiger partial charge in [-0.05, 0) is 43.1 Å². The van der Waals surface area contributed by atoms with Crippen LogP contribution in [-0.2, 0) is 6.54 Å². The molecule has 0 heterocycles. The number of nitriles is 1. The zero-order chi connectivity index (χ0) is 13.4. The summed E-state index contributed by atoms with van der Waals surface area (Å²) in [5.74, 6) is 1.50. The van der Waals surface area contributed by atoms with Crippen LogP contribution in [0.3, 0.4) is 0 Å². The van der Waals surface area contributed by atoms with E-state index in [9.17, 15) is 0 Å². The predicted octanol–water partition coefficient (Wildman–Crippen LogP) is 2.41. The van der Waals surface area contributed by atoms with Crippen LogP contribution in [0, 0.1) is 18.3 Å². The summed E-state index contributed by atoms with van der Waals surface area (Å²) in [4.78, 5) is 0. The van der Waals surface area contributed by atoms with E-state index >= 15 is 0 Å². The Morgan fingerprint density at radius 3 is 2.50 bits per heavy atom. The minimum atomic E-state index is 0.595. The quantitative estimate of drug-likeness (QED) is 0.753. The van der Waals surface area contributed by atoms with Crippen LogP contribution in [0.2, 0.25) is 0 Å². The molecule has 0 spiro atoms. The van der Waals surface area contributed by atoms with E-state index < -0.39 is 0 Å². The molecule has 0 aliphatic heterocycles. The van der Waals surface area contributed by atoms with Crippen LogP contribution < -0.4 is 14.8 Å². The fourth-order valence-corrected chi connectivity index (χ4v) is 1.73. The van der Waals surface area contributed by atoms with Crippen LogP contribution in [0.5, 0.6) is 11.5 Å². The second kappa shape index (κ2) is 7.57. The molecule has 0 saturated heterocycles. The lowest BCUT2D eigenvalue weighted by Crippen LogP contribution is -2.15. The summed E-state index contributed by atoms with van der Waals surface area (Å²) in [5.41, 5.74) is 2.35. The topological polar surface area (TPSA) is 54.3 Å². The number of ether oxygens (including phenoxy) is 2. The summed E-state index contributed by atoms with van der Waals surface area (Å²) in [6, 6.07) is 6.10. The van der Waals surface area contributed by atoms with Gasteiger partial charge >= 0.3 is 0 Å². The van der Waals surface area contributed by atoms with Crippen molar-refractivity contribution in [2.24, 2.45) is 0 Å². The Labute approximate surface area is 109 Å². The molecule has 98 valence electrons. The molecule has 0 saturated carbocycles. The lowest BCUT2D eigenvalue weighted by Gasteiger charge is -2.13. The molecule has 0 fully saturated rings. The normalized spacial score (nSPS) is 9.89. The summed E-state index contributed by atoms with van der Waals surface area (Å²) >= 11 is 0. The number of nitrogens with zero attached hydrogens (tertiary/aromatic N) is 1. The highest BCUT2D eigenvalue weighted by Gasteiger charge is 2.07. The lowest BCUT2D eigenvalue weighted by atomic mass is 10.1. The standard InChI is InChI=1S/C14H20N2O2/c1-11-8-13(17-2)14(18-3)9-12(11)10-16-7-5-4-6-15/h8-9,16H,4-5,7,10H2,1-3H3. The zero-order valence-corrected chi connectivity index (χ0v) is 11.2. The Balaban J connectivity index is 2.63. The monoisotopic (exact) mass is 248 g/mol. The number of methoxy groups -OCH3 is 2. The lowest BCUT2D eigenvalue weighted by molar-refractivity contribution is 0.354. The van der Waals surface area contributed by atoms with Gasteiger partial charge in [-0.25, -0.2) is 0 Å². The highest BCUT2D eigenvalue weighted by atomic mass is 16.5. The van der Waals surface area contributed by atoms with Crippen LogP contribution in [-0.4, -0.2) is 20.8 Å². The molecular formula is C14H20N2O2. The number of benzene rings is 1. The van der Waals surface area contributed by atoms with Gasteiger partial charge in [-0.1, -0.05) is 0 Å². The van der Waals surface area contributed by atoms with Gasteiger partial charge in [0, 0.05) is 13.0 Å². The summed E-state index contributed by atoms with van der Waals surface area (Å²) in [6.07, 6.45) is 1.47. The highest BCUT2D eigenvalue weighted by Crippen LogP contribution is 2.30. The predicted molar refractivity (Wildman–Crippen MR) is 70.8 cm³/mol. The third-order valence-electron chi connectivity index (χ3n) is 2.80. The van der Waals surface area contributed by atoms with Crippen LogP contribution >= 0.6 is 0 Å². The molecule has 0 bridgehead atoms. The fraction of sp³-hybridized carbons (Fsp3) is 0.500. The van der Waals surface area contributed by atoms with Crippen LogP contribution in [0.4, 0.5) is 0 Å². The van der Waals surface area contributed by atoms with E-state index in [0.29, 0.717) is 6.42 Å². The van der Waals surface area contributed by atoms with Crippen LogP contribution in [0.1, 0.15) is 24.0 Å². The minimum absolute atomic E-state index is 0.595. The zero-order valence-electron chi connectivity index (χ0n) is 11.2. The molecule has 1 aromatic rings. The van der Waals surface area contributed by atoms with E-state index in [1.54, 1.807) is 14.2 Å². The van der Waals surface area contributed by atoms with Gasteiger partial charge in [0.05, 0.1) is 20.3 Å². The van der Waals surface area contributed by atoms with Crippen molar-refractivity contribution in [2.75, 3.05) is 20.8 Å². The molecule has 4 nitrogen and oxygen atoms in total. The Morgan fingerprint density at radius 1 is 1.22 bits per heavy atom. The molecule has 18 heavy (non-hydrogen) atoms. The van der Waals surface area contributed by atoms with Crippen molar-refractivity contribution in [3.05, 3.63) is 23.3 Å². The van der Waals surface area contributed by atoms with E-state index in [-0.39, 0.29) is 0 Å². The average molecular weight is 248 g/mol. The van der Waals surface area contributed by atoms with Crippen molar-refractivity contribution >= 4 is 0 Å². The van der Waals surface area contributed by atoms with Gasteiger partial charge < -0.3 is 14.8 Å². The van der Waals surface area contributed by atoms with Crippen molar-refractivity contribution in [1.82, 2.24) is 5.32 Å². The van der Waals surface area contributed by atoms with Gasteiger partial charge in [-0.3, -0.25) is 0 Å². The molecule has 1 aromatic carbocycles. The summed E-state index contributed by atoms with van der Waals surface area (Å²) < 4.78 is 10.5. The molecule has 0 unspecified atom stereocenters. The maximum absolute atomic E-state index is 8.44. The third-order valence-corrected chi connectivity index (χ3v) is 2.80. The van der Waals surface area contributed by atoms with E-state index in [0.717, 1.165) is 31.0 Å². The van der Waals surface area contributed by atoms with Gasteiger partial charge in [0.15, 0.2) is 11.5 Å². The van der Waals surface area contributed by atoms with E-state index in [2.05, 4.69) is 11.4 Å². The largest absolute Gasteiger partial charge is 0.493 e. The SMILES string of the molecule is COc1cc(C)c(CNCCCC#N)cc1OC. The number of hydrogen-bond donors (Lipinski definition) is 1. The number of hydrogen-bond acceptors (Lipinski definition) is 4. The first-order valence-electron chi connectivity index (χ1n) is 6.02. The van der Waals surface area contributed by atoms with Crippen LogP contribution in [0.25, 0.3) is 0 Å². The van der Waals surface area contributed by atoms with Gasteiger partial charge in [0.25, 0.3) is 0 Å². The minimum Gasteiger partial charge on any atom is -0.493 e. The molecule has 1 rings (SSSR count). The van der Waals surface area contributed by atoms with Gasteiger partial charge in [-0.15, -0.1) is 0 Å². The summed E-state index contributed by atoms with van der Waals surface area (Å²) in [5, 5.41) is 11.8. The van der Waals surface area contributed by atoms with Crippen molar-refractivity contribution in [3.63, 3.8) is 0 Å². The number of aryl methyl sites for hydroxylation is 1. The maximum Gasteiger partial charge on any atom is 0.161 e. The molecule has 0 atom stereocenters. The molecule has 0 aromatic heterocycles. The first-order valence-corrected chi connectivity index (χ1v) is 6.02. The first kappa shape index (κ1) is 14.3. The molecule has 0 aliphatic carbocycles.